The van der Waals surface area contributed by atoms with Gasteiger partial charge in [-0.15, -0.1) is 0 Å². The molecule has 3 amide bonds. The molecule has 20 heavy (non-hydrogen) atoms. The Labute approximate surface area is 127 Å². The summed E-state index contributed by atoms with van der Waals surface area (Å²) in [7, 11) is 1.83. The molecular weight excluding hydrogens is 322 g/mol. The van der Waals surface area contributed by atoms with E-state index in [2.05, 4.69) is 26.6 Å². The molecule has 0 spiro atoms. The molecule has 0 radical (unpaired) electrons. The van der Waals surface area contributed by atoms with Crippen LogP contribution in [0.1, 0.15) is 19.4 Å². The standard InChI is InChI=1S/C14H20BrN3O2/c1-10(2)16-14(20)17-13(19)9-18(3)8-11-6-4-5-7-12(11)15/h4-7,10H,8-9H2,1-3H3,(H2,16,17,19,20). The van der Waals surface area contributed by atoms with Crippen molar-refractivity contribution in [1.29, 1.82) is 0 Å². The van der Waals surface area contributed by atoms with Crippen LogP contribution < -0.4 is 10.6 Å². The van der Waals surface area contributed by atoms with E-state index >= 15 is 0 Å². The van der Waals surface area contributed by atoms with Gasteiger partial charge in [-0.2, -0.15) is 0 Å². The van der Waals surface area contributed by atoms with Crippen molar-refractivity contribution >= 4 is 27.9 Å². The molecule has 2 N–H and O–H groups in total. The Bertz CT molecular complexity index is 477. The van der Waals surface area contributed by atoms with Crippen LogP contribution in [0.3, 0.4) is 0 Å². The van der Waals surface area contributed by atoms with Crippen molar-refractivity contribution in [2.24, 2.45) is 0 Å². The number of hydrogen-bond donors (Lipinski definition) is 2. The molecule has 0 saturated carbocycles. The Morgan fingerprint density at radius 2 is 1.95 bits per heavy atom. The molecule has 0 fully saturated rings. The second kappa shape index (κ2) is 8.01. The van der Waals surface area contributed by atoms with Crippen LogP contribution in [0.4, 0.5) is 4.79 Å². The summed E-state index contributed by atoms with van der Waals surface area (Å²) in [6, 6.07) is 7.38. The topological polar surface area (TPSA) is 61.4 Å². The van der Waals surface area contributed by atoms with Crippen molar-refractivity contribution in [2.45, 2.75) is 26.4 Å². The molecular formula is C14H20BrN3O2. The normalized spacial score (nSPS) is 10.7. The lowest BCUT2D eigenvalue weighted by atomic mass is 10.2. The van der Waals surface area contributed by atoms with Crippen LogP contribution in [0, 0.1) is 0 Å². The van der Waals surface area contributed by atoms with E-state index in [-0.39, 0.29) is 18.5 Å². The van der Waals surface area contributed by atoms with E-state index in [1.165, 1.54) is 0 Å². The van der Waals surface area contributed by atoms with Crippen molar-refractivity contribution in [3.63, 3.8) is 0 Å². The van der Waals surface area contributed by atoms with Crippen molar-refractivity contribution in [3.8, 4) is 0 Å². The molecule has 110 valence electrons. The first-order valence-corrected chi connectivity index (χ1v) is 7.20. The molecule has 1 aromatic rings. The van der Waals surface area contributed by atoms with Crippen molar-refractivity contribution < 1.29 is 9.59 Å². The van der Waals surface area contributed by atoms with Gasteiger partial charge in [-0.3, -0.25) is 15.0 Å². The monoisotopic (exact) mass is 341 g/mol. The van der Waals surface area contributed by atoms with Crippen LogP contribution in [0.2, 0.25) is 0 Å². The number of rotatable bonds is 5. The van der Waals surface area contributed by atoms with Gasteiger partial charge in [0.15, 0.2) is 0 Å². The van der Waals surface area contributed by atoms with Gasteiger partial charge in [-0.05, 0) is 32.5 Å². The van der Waals surface area contributed by atoms with Gasteiger partial charge >= 0.3 is 6.03 Å². The maximum Gasteiger partial charge on any atom is 0.321 e. The van der Waals surface area contributed by atoms with E-state index in [9.17, 15) is 9.59 Å². The van der Waals surface area contributed by atoms with E-state index in [1.54, 1.807) is 0 Å². The average Bonchev–Trinajstić information content (AvgIpc) is 2.30. The Balaban J connectivity index is 2.42. The summed E-state index contributed by atoms with van der Waals surface area (Å²) in [5.41, 5.74) is 1.09. The number of imide groups is 1. The maximum absolute atomic E-state index is 11.7. The third-order valence-electron chi connectivity index (χ3n) is 2.48. The molecule has 0 bridgehead atoms. The number of nitrogens with zero attached hydrogens (tertiary/aromatic N) is 1. The zero-order valence-electron chi connectivity index (χ0n) is 11.9. The number of benzene rings is 1. The summed E-state index contributed by atoms with van der Waals surface area (Å²) in [4.78, 5) is 24.9. The molecule has 6 heteroatoms. The SMILES string of the molecule is CC(C)NC(=O)NC(=O)CN(C)Cc1ccccc1Br. The Morgan fingerprint density at radius 3 is 2.55 bits per heavy atom. The number of likely N-dealkylation sites (N-methyl/N-ethyl adjacent to an activating group) is 1. The largest absolute Gasteiger partial charge is 0.336 e. The first kappa shape index (κ1) is 16.7. The van der Waals surface area contributed by atoms with Crippen LogP contribution in [0.25, 0.3) is 0 Å². The van der Waals surface area contributed by atoms with E-state index in [0.717, 1.165) is 10.0 Å². The summed E-state index contributed by atoms with van der Waals surface area (Å²) < 4.78 is 1.00. The fourth-order valence-corrected chi connectivity index (χ4v) is 2.09. The number of nitrogens with one attached hydrogen (secondary N) is 2. The van der Waals surface area contributed by atoms with Gasteiger partial charge in [-0.25, -0.2) is 4.79 Å². The number of halogens is 1. The summed E-state index contributed by atoms with van der Waals surface area (Å²) in [6.45, 7) is 4.46. The van der Waals surface area contributed by atoms with Crippen molar-refractivity contribution in [2.75, 3.05) is 13.6 Å². The van der Waals surface area contributed by atoms with Crippen LogP contribution >= 0.6 is 15.9 Å². The Hall–Kier alpha value is -1.40. The predicted molar refractivity (Wildman–Crippen MR) is 82.3 cm³/mol. The number of carbonyl (C=O) groups excluding carboxylic acids is 2. The van der Waals surface area contributed by atoms with E-state index in [4.69, 9.17) is 0 Å². The fraction of sp³-hybridized carbons (Fsp3) is 0.429. The lowest BCUT2D eigenvalue weighted by molar-refractivity contribution is -0.120. The highest BCUT2D eigenvalue weighted by molar-refractivity contribution is 9.10. The van der Waals surface area contributed by atoms with Crippen molar-refractivity contribution in [3.05, 3.63) is 34.3 Å². The lowest BCUT2D eigenvalue weighted by Gasteiger charge is -2.17. The summed E-state index contributed by atoms with van der Waals surface area (Å²) in [5.74, 6) is -0.322. The maximum atomic E-state index is 11.7. The molecule has 0 unspecified atom stereocenters. The Morgan fingerprint density at radius 1 is 1.30 bits per heavy atom. The number of amides is 3. The van der Waals surface area contributed by atoms with Gasteiger partial charge in [0.05, 0.1) is 6.54 Å². The third-order valence-corrected chi connectivity index (χ3v) is 3.26. The summed E-state index contributed by atoms with van der Waals surface area (Å²) in [6.07, 6.45) is 0. The molecule has 1 rings (SSSR count). The van der Waals surface area contributed by atoms with Gasteiger partial charge < -0.3 is 5.32 Å². The van der Waals surface area contributed by atoms with E-state index in [1.807, 2.05) is 50.1 Å². The molecule has 5 nitrogen and oxygen atoms in total. The molecule has 0 heterocycles. The zero-order valence-corrected chi connectivity index (χ0v) is 13.5. The summed E-state index contributed by atoms with van der Waals surface area (Å²) >= 11 is 3.47. The fourth-order valence-electron chi connectivity index (χ4n) is 1.68. The van der Waals surface area contributed by atoms with Gasteiger partial charge in [0.1, 0.15) is 0 Å². The zero-order chi connectivity index (χ0) is 15.1. The average molecular weight is 342 g/mol. The van der Waals surface area contributed by atoms with Crippen LogP contribution in [0.15, 0.2) is 28.7 Å². The highest BCUT2D eigenvalue weighted by atomic mass is 79.9. The molecule has 0 aliphatic carbocycles. The molecule has 0 aromatic heterocycles. The van der Waals surface area contributed by atoms with Crippen LogP contribution in [0.5, 0.6) is 0 Å². The highest BCUT2D eigenvalue weighted by Crippen LogP contribution is 2.16. The van der Waals surface area contributed by atoms with Crippen LogP contribution in [-0.2, 0) is 11.3 Å². The molecule has 0 saturated heterocycles. The smallest absolute Gasteiger partial charge is 0.321 e. The summed E-state index contributed by atoms with van der Waals surface area (Å²) in [5, 5.41) is 4.91. The van der Waals surface area contributed by atoms with Gasteiger partial charge in [-0.1, -0.05) is 34.1 Å². The molecule has 0 aliphatic heterocycles. The minimum Gasteiger partial charge on any atom is -0.336 e. The first-order valence-electron chi connectivity index (χ1n) is 6.40. The quantitative estimate of drug-likeness (QED) is 0.862. The third kappa shape index (κ3) is 6.16. The van der Waals surface area contributed by atoms with E-state index in [0.29, 0.717) is 6.54 Å². The van der Waals surface area contributed by atoms with Crippen LogP contribution in [-0.4, -0.2) is 36.5 Å². The van der Waals surface area contributed by atoms with Crippen molar-refractivity contribution in [1.82, 2.24) is 15.5 Å². The van der Waals surface area contributed by atoms with Gasteiger partial charge in [0.2, 0.25) is 5.91 Å². The minimum absolute atomic E-state index is 0.000744. The number of hydrogen-bond acceptors (Lipinski definition) is 3. The predicted octanol–water partition coefficient (Wildman–Crippen LogP) is 2.12. The molecule has 0 aliphatic rings. The van der Waals surface area contributed by atoms with Gasteiger partial charge in [0, 0.05) is 17.1 Å². The molecule has 1 aromatic carbocycles. The molecule has 0 atom stereocenters. The first-order chi connectivity index (χ1) is 9.38. The lowest BCUT2D eigenvalue weighted by Crippen LogP contribution is -2.45. The van der Waals surface area contributed by atoms with E-state index < -0.39 is 6.03 Å². The number of urea groups is 1. The second-order valence-electron chi connectivity index (χ2n) is 4.94. The number of carbonyl (C=O) groups is 2. The minimum atomic E-state index is -0.459. The Kier molecular flexibility index (Phi) is 6.67. The second-order valence-corrected chi connectivity index (χ2v) is 5.79. The highest BCUT2D eigenvalue weighted by Gasteiger charge is 2.12. The van der Waals surface area contributed by atoms with Gasteiger partial charge in [0.25, 0.3) is 0 Å².